The summed E-state index contributed by atoms with van der Waals surface area (Å²) in [5, 5.41) is 0.920. The molecule has 31 heavy (non-hydrogen) atoms. The minimum Gasteiger partial charge on any atom is -0.494 e. The molecule has 2 bridgehead atoms. The molecule has 2 aliphatic rings. The van der Waals surface area contributed by atoms with Crippen molar-refractivity contribution in [3.63, 3.8) is 0 Å². The Morgan fingerprint density at radius 1 is 1.03 bits per heavy atom. The molecule has 0 aromatic heterocycles. The Kier molecular flexibility index (Phi) is 7.96. The van der Waals surface area contributed by atoms with Gasteiger partial charge in [-0.2, -0.15) is 0 Å². The summed E-state index contributed by atoms with van der Waals surface area (Å²) in [6.07, 6.45) is 9.47. The van der Waals surface area contributed by atoms with Crippen molar-refractivity contribution in [2.24, 2.45) is 11.8 Å². The van der Waals surface area contributed by atoms with Gasteiger partial charge in [0, 0.05) is 18.2 Å². The standard InChI is InChI=1S/C28H37ClO2/c1-3-31-26-10-8-21(9-11-26)15-25-17-27-23(18-28(25)29)7-5-4-6-12-30-19-22-13-20(2)14-24(27)16-22/h8-11,17-18,20,22,24H,3-7,12-16,19H2,1-2H3. The molecule has 2 aromatic rings. The van der Waals surface area contributed by atoms with Crippen LogP contribution in [0.3, 0.4) is 0 Å². The molecule has 3 heteroatoms. The first-order valence-corrected chi connectivity index (χ1v) is 12.6. The Hall–Kier alpha value is -1.51. The van der Waals surface area contributed by atoms with Gasteiger partial charge in [0.25, 0.3) is 0 Å². The van der Waals surface area contributed by atoms with Crippen LogP contribution >= 0.6 is 11.6 Å². The zero-order valence-corrected chi connectivity index (χ0v) is 19.9. The van der Waals surface area contributed by atoms with E-state index >= 15 is 0 Å². The van der Waals surface area contributed by atoms with Crippen molar-refractivity contribution in [1.29, 1.82) is 0 Å². The van der Waals surface area contributed by atoms with Crippen molar-refractivity contribution < 1.29 is 9.47 Å². The van der Waals surface area contributed by atoms with Gasteiger partial charge in [-0.25, -0.2) is 0 Å². The smallest absolute Gasteiger partial charge is 0.119 e. The fraction of sp³-hybridized carbons (Fsp3) is 0.571. The third-order valence-electron chi connectivity index (χ3n) is 7.01. The fourth-order valence-corrected chi connectivity index (χ4v) is 5.84. The number of hydrogen-bond acceptors (Lipinski definition) is 2. The lowest BCUT2D eigenvalue weighted by atomic mass is 9.72. The predicted molar refractivity (Wildman–Crippen MR) is 129 cm³/mol. The molecule has 0 amide bonds. The van der Waals surface area contributed by atoms with Gasteiger partial charge in [-0.3, -0.25) is 0 Å². The van der Waals surface area contributed by atoms with Crippen LogP contribution in [0.25, 0.3) is 0 Å². The summed E-state index contributed by atoms with van der Waals surface area (Å²) in [4.78, 5) is 0. The van der Waals surface area contributed by atoms with E-state index in [-0.39, 0.29) is 0 Å². The van der Waals surface area contributed by atoms with E-state index in [1.807, 2.05) is 6.92 Å². The molecular weight excluding hydrogens is 404 g/mol. The van der Waals surface area contributed by atoms with E-state index in [0.29, 0.717) is 18.4 Å². The highest BCUT2D eigenvalue weighted by Gasteiger charge is 2.29. The molecule has 168 valence electrons. The van der Waals surface area contributed by atoms with Gasteiger partial charge in [0.15, 0.2) is 0 Å². The van der Waals surface area contributed by atoms with Crippen molar-refractivity contribution >= 4 is 11.6 Å². The molecule has 1 heterocycles. The first kappa shape index (κ1) is 22.7. The second kappa shape index (κ2) is 10.9. The van der Waals surface area contributed by atoms with Crippen molar-refractivity contribution in [3.8, 4) is 5.75 Å². The van der Waals surface area contributed by atoms with Crippen LogP contribution in [-0.2, 0) is 17.6 Å². The van der Waals surface area contributed by atoms with Gasteiger partial charge in [-0.05, 0) is 110 Å². The van der Waals surface area contributed by atoms with Gasteiger partial charge in [-0.1, -0.05) is 43.1 Å². The SMILES string of the molecule is CCOc1ccc(Cc2cc3c(cc2Cl)CCCCCOCC2CC(C)CC3C2)cc1. The molecule has 3 unspecified atom stereocenters. The fourth-order valence-electron chi connectivity index (χ4n) is 5.58. The highest BCUT2D eigenvalue weighted by Crippen LogP contribution is 2.42. The Labute approximate surface area is 193 Å². The van der Waals surface area contributed by atoms with E-state index in [1.54, 1.807) is 5.56 Å². The molecular formula is C28H37ClO2. The largest absolute Gasteiger partial charge is 0.494 e. The van der Waals surface area contributed by atoms with Crippen LogP contribution in [0.2, 0.25) is 5.02 Å². The number of hydrogen-bond donors (Lipinski definition) is 0. The first-order valence-electron chi connectivity index (χ1n) is 12.2. The Morgan fingerprint density at radius 2 is 1.87 bits per heavy atom. The summed E-state index contributed by atoms with van der Waals surface area (Å²) < 4.78 is 11.6. The maximum absolute atomic E-state index is 6.84. The van der Waals surface area contributed by atoms with Gasteiger partial charge < -0.3 is 9.47 Å². The van der Waals surface area contributed by atoms with Crippen molar-refractivity contribution in [3.05, 3.63) is 63.7 Å². The van der Waals surface area contributed by atoms with Gasteiger partial charge in [0.1, 0.15) is 5.75 Å². The van der Waals surface area contributed by atoms with E-state index in [4.69, 9.17) is 21.1 Å². The Morgan fingerprint density at radius 3 is 2.68 bits per heavy atom. The van der Waals surface area contributed by atoms with E-state index in [9.17, 15) is 0 Å². The maximum Gasteiger partial charge on any atom is 0.119 e. The number of fused-ring (bicyclic) bond motifs is 4. The summed E-state index contributed by atoms with van der Waals surface area (Å²) in [5.41, 5.74) is 5.58. The van der Waals surface area contributed by atoms with Crippen LogP contribution in [-0.4, -0.2) is 19.8 Å². The Balaban J connectivity index is 1.62. The second-order valence-corrected chi connectivity index (χ2v) is 10.1. The zero-order valence-electron chi connectivity index (χ0n) is 19.2. The number of ether oxygens (including phenoxy) is 2. The van der Waals surface area contributed by atoms with E-state index in [0.717, 1.165) is 42.7 Å². The summed E-state index contributed by atoms with van der Waals surface area (Å²) in [5.74, 6) is 3.00. The lowest BCUT2D eigenvalue weighted by Crippen LogP contribution is -2.25. The van der Waals surface area contributed by atoms with Crippen LogP contribution in [0.5, 0.6) is 5.75 Å². The predicted octanol–water partition coefficient (Wildman–Crippen LogP) is 7.59. The third-order valence-corrected chi connectivity index (χ3v) is 7.36. The van der Waals surface area contributed by atoms with Crippen LogP contribution in [0.4, 0.5) is 0 Å². The van der Waals surface area contributed by atoms with Crippen molar-refractivity contribution in [2.75, 3.05) is 19.8 Å². The first-order chi connectivity index (χ1) is 15.1. The molecule has 3 atom stereocenters. The van der Waals surface area contributed by atoms with E-state index in [1.165, 1.54) is 55.2 Å². The summed E-state index contributed by atoms with van der Waals surface area (Å²) >= 11 is 6.84. The number of aryl methyl sites for hydroxylation is 1. The van der Waals surface area contributed by atoms with Crippen LogP contribution in [0.1, 0.15) is 80.5 Å². The minimum atomic E-state index is 0.628. The number of benzene rings is 2. The average molecular weight is 441 g/mol. The van der Waals surface area contributed by atoms with Gasteiger partial charge in [-0.15, -0.1) is 0 Å². The topological polar surface area (TPSA) is 18.5 Å². The maximum atomic E-state index is 6.84. The van der Waals surface area contributed by atoms with E-state index in [2.05, 4.69) is 43.3 Å². The average Bonchev–Trinajstić information content (AvgIpc) is 2.75. The quantitative estimate of drug-likeness (QED) is 0.487. The highest BCUT2D eigenvalue weighted by molar-refractivity contribution is 6.31. The van der Waals surface area contributed by atoms with Gasteiger partial charge in [0.2, 0.25) is 0 Å². The molecule has 2 aromatic carbocycles. The number of halogens is 1. The molecule has 0 saturated heterocycles. The molecule has 0 spiro atoms. The molecule has 0 N–H and O–H groups in total. The monoisotopic (exact) mass is 440 g/mol. The molecule has 2 nitrogen and oxygen atoms in total. The summed E-state index contributed by atoms with van der Waals surface area (Å²) in [6, 6.07) is 13.2. The minimum absolute atomic E-state index is 0.628. The summed E-state index contributed by atoms with van der Waals surface area (Å²) in [7, 11) is 0. The van der Waals surface area contributed by atoms with Gasteiger partial charge >= 0.3 is 0 Å². The molecule has 1 aliphatic carbocycles. The van der Waals surface area contributed by atoms with E-state index < -0.39 is 0 Å². The Bertz CT molecular complexity index is 845. The molecule has 4 rings (SSSR count). The molecule has 0 radical (unpaired) electrons. The van der Waals surface area contributed by atoms with Crippen molar-refractivity contribution in [1.82, 2.24) is 0 Å². The zero-order chi connectivity index (χ0) is 21.6. The molecule has 1 aliphatic heterocycles. The van der Waals surface area contributed by atoms with Crippen molar-refractivity contribution in [2.45, 2.75) is 71.1 Å². The second-order valence-electron chi connectivity index (χ2n) is 9.66. The lowest BCUT2D eigenvalue weighted by molar-refractivity contribution is 0.0685. The van der Waals surface area contributed by atoms with Crippen LogP contribution < -0.4 is 4.74 Å². The normalized spacial score (nSPS) is 24.5. The third kappa shape index (κ3) is 6.05. The lowest BCUT2D eigenvalue weighted by Gasteiger charge is -2.35. The number of rotatable bonds is 4. The summed E-state index contributed by atoms with van der Waals surface area (Å²) in [6.45, 7) is 6.98. The molecule has 1 saturated carbocycles. The molecule has 1 fully saturated rings. The van der Waals surface area contributed by atoms with Crippen LogP contribution in [0, 0.1) is 11.8 Å². The van der Waals surface area contributed by atoms with Gasteiger partial charge in [0.05, 0.1) is 6.61 Å². The highest BCUT2D eigenvalue weighted by atomic mass is 35.5. The van der Waals surface area contributed by atoms with Crippen LogP contribution in [0.15, 0.2) is 36.4 Å².